The van der Waals surface area contributed by atoms with Gasteiger partial charge in [0.25, 0.3) is 0 Å². The van der Waals surface area contributed by atoms with Gasteiger partial charge in [-0.3, -0.25) is 0 Å². The second-order valence-electron chi connectivity index (χ2n) is 6.05. The first-order valence-electron chi connectivity index (χ1n) is 7.46. The predicted octanol–water partition coefficient (Wildman–Crippen LogP) is 2.00. The Kier molecular flexibility index (Phi) is 2.57. The second-order valence-corrected chi connectivity index (χ2v) is 6.05. The number of ether oxygens (including phenoxy) is 1. The highest BCUT2D eigenvalue weighted by Crippen LogP contribution is 2.38. The minimum atomic E-state index is 0.299. The molecule has 0 radical (unpaired) electrons. The number of hydrogen-bond donors (Lipinski definition) is 1. The summed E-state index contributed by atoms with van der Waals surface area (Å²) < 4.78 is 10.1. The van der Waals surface area contributed by atoms with Gasteiger partial charge in [0.1, 0.15) is 5.82 Å². The van der Waals surface area contributed by atoms with Crippen LogP contribution in [0.5, 0.6) is 0 Å². The smallest absolute Gasteiger partial charge is 0.182 e. The van der Waals surface area contributed by atoms with Crippen molar-refractivity contribution >= 4 is 16.9 Å². The lowest BCUT2D eigenvalue weighted by Gasteiger charge is -2.30. The molecule has 2 aromatic rings. The lowest BCUT2D eigenvalue weighted by atomic mass is 10.0. The Balaban J connectivity index is 1.81. The molecule has 2 aromatic heterocycles. The van der Waals surface area contributed by atoms with Gasteiger partial charge in [-0.2, -0.15) is 10.2 Å². The zero-order valence-electron chi connectivity index (χ0n) is 12.3. The Morgan fingerprint density at radius 3 is 2.85 bits per heavy atom. The van der Waals surface area contributed by atoms with Crippen molar-refractivity contribution in [3.8, 4) is 0 Å². The van der Waals surface area contributed by atoms with Crippen molar-refractivity contribution in [2.24, 2.45) is 7.05 Å². The van der Waals surface area contributed by atoms with Gasteiger partial charge in [-0.1, -0.05) is 0 Å². The fourth-order valence-corrected chi connectivity index (χ4v) is 3.63. The van der Waals surface area contributed by atoms with Crippen molar-refractivity contribution < 1.29 is 4.74 Å². The maximum Gasteiger partial charge on any atom is 0.182 e. The molecule has 0 aliphatic carbocycles. The average molecular weight is 275 g/mol. The van der Waals surface area contributed by atoms with E-state index in [1.54, 1.807) is 0 Å². The summed E-state index contributed by atoms with van der Waals surface area (Å²) in [6.07, 6.45) is 4.05. The molecule has 6 nitrogen and oxygen atoms in total. The monoisotopic (exact) mass is 275 g/mol. The number of anilines is 1. The molecule has 0 amide bonds. The van der Waals surface area contributed by atoms with E-state index in [0.29, 0.717) is 18.2 Å². The van der Waals surface area contributed by atoms with E-state index in [4.69, 9.17) is 9.84 Å². The predicted molar refractivity (Wildman–Crippen MR) is 76.9 cm³/mol. The molecule has 0 spiro atoms. The van der Waals surface area contributed by atoms with E-state index < -0.39 is 0 Å². The van der Waals surface area contributed by atoms with Crippen molar-refractivity contribution in [2.45, 2.75) is 51.4 Å². The van der Waals surface area contributed by atoms with Crippen LogP contribution in [0, 0.1) is 6.92 Å². The van der Waals surface area contributed by atoms with E-state index in [2.05, 4.69) is 22.0 Å². The number of aryl methyl sites for hydroxylation is 2. The van der Waals surface area contributed by atoms with Gasteiger partial charge in [-0.25, -0.2) is 9.36 Å². The molecular weight excluding hydrogens is 254 g/mol. The van der Waals surface area contributed by atoms with Crippen molar-refractivity contribution in [1.29, 1.82) is 0 Å². The quantitative estimate of drug-likeness (QED) is 0.865. The van der Waals surface area contributed by atoms with Gasteiger partial charge in [-0.05, 0) is 33.1 Å². The first-order chi connectivity index (χ1) is 9.65. The molecule has 108 valence electrons. The summed E-state index contributed by atoms with van der Waals surface area (Å²) in [5.74, 6) is 1.12. The van der Waals surface area contributed by atoms with E-state index >= 15 is 0 Å². The van der Waals surface area contributed by atoms with Crippen LogP contribution in [-0.2, 0) is 11.8 Å². The zero-order chi connectivity index (χ0) is 13.9. The zero-order valence-corrected chi connectivity index (χ0v) is 12.3. The Morgan fingerprint density at radius 2 is 2.10 bits per heavy atom. The molecule has 1 saturated heterocycles. The van der Waals surface area contributed by atoms with Gasteiger partial charge in [0, 0.05) is 13.6 Å². The lowest BCUT2D eigenvalue weighted by molar-refractivity contribution is 0.0175. The summed E-state index contributed by atoms with van der Waals surface area (Å²) in [4.78, 5) is 0. The van der Waals surface area contributed by atoms with Crippen LogP contribution in [0.1, 0.15) is 37.9 Å². The summed E-state index contributed by atoms with van der Waals surface area (Å²) in [6.45, 7) is 5.19. The molecular formula is C14H21N5O. The molecule has 0 bridgehead atoms. The highest BCUT2D eigenvalue weighted by molar-refractivity contribution is 5.90. The van der Waals surface area contributed by atoms with Gasteiger partial charge in [0.05, 0.1) is 29.3 Å². The van der Waals surface area contributed by atoms with Crippen LogP contribution in [0.4, 0.5) is 5.82 Å². The SMILES string of the molecule is Cc1nn(C)c2nn3c(c12)NCCC3C1CCC(C)O1. The molecule has 0 saturated carbocycles. The summed E-state index contributed by atoms with van der Waals surface area (Å²) in [7, 11) is 1.96. The van der Waals surface area contributed by atoms with Crippen molar-refractivity contribution in [3.63, 3.8) is 0 Å². The fraction of sp³-hybridized carbons (Fsp3) is 0.714. The molecule has 2 aliphatic heterocycles. The average Bonchev–Trinajstić information content (AvgIpc) is 3.07. The first-order valence-corrected chi connectivity index (χ1v) is 7.46. The van der Waals surface area contributed by atoms with E-state index in [-0.39, 0.29) is 0 Å². The van der Waals surface area contributed by atoms with Crippen molar-refractivity contribution in [2.75, 3.05) is 11.9 Å². The van der Waals surface area contributed by atoms with Gasteiger partial charge in [0.15, 0.2) is 5.65 Å². The Bertz CT molecular complexity index is 658. The van der Waals surface area contributed by atoms with Crippen LogP contribution in [0.15, 0.2) is 0 Å². The van der Waals surface area contributed by atoms with Crippen LogP contribution in [0.2, 0.25) is 0 Å². The lowest BCUT2D eigenvalue weighted by Crippen LogP contribution is -2.32. The van der Waals surface area contributed by atoms with E-state index in [1.165, 1.54) is 0 Å². The van der Waals surface area contributed by atoms with E-state index in [1.807, 2.05) is 18.7 Å². The summed E-state index contributed by atoms with van der Waals surface area (Å²) in [5, 5.41) is 13.9. The Hall–Kier alpha value is -1.56. The van der Waals surface area contributed by atoms with Gasteiger partial charge in [0.2, 0.25) is 0 Å². The first kappa shape index (κ1) is 12.2. The molecule has 3 unspecified atom stereocenters. The fourth-order valence-electron chi connectivity index (χ4n) is 3.63. The van der Waals surface area contributed by atoms with Crippen LogP contribution in [-0.4, -0.2) is 38.3 Å². The molecule has 0 aromatic carbocycles. The largest absolute Gasteiger partial charge is 0.373 e. The topological polar surface area (TPSA) is 56.9 Å². The Morgan fingerprint density at radius 1 is 1.25 bits per heavy atom. The number of nitrogens with zero attached hydrogens (tertiary/aromatic N) is 4. The number of hydrogen-bond acceptors (Lipinski definition) is 4. The standard InChI is InChI=1S/C14H21N5O/c1-8-4-5-11(20-8)10-6-7-15-13-12-9(2)16-18(3)14(12)17-19(10)13/h8,10-11,15H,4-7H2,1-3H3. The summed E-state index contributed by atoms with van der Waals surface area (Å²) >= 11 is 0. The molecule has 3 atom stereocenters. The number of aromatic nitrogens is 4. The molecule has 4 heterocycles. The molecule has 1 N–H and O–H groups in total. The van der Waals surface area contributed by atoms with Crippen LogP contribution in [0.25, 0.3) is 11.0 Å². The number of nitrogens with one attached hydrogen (secondary N) is 1. The maximum absolute atomic E-state index is 6.08. The highest BCUT2D eigenvalue weighted by Gasteiger charge is 2.35. The van der Waals surface area contributed by atoms with Crippen molar-refractivity contribution in [3.05, 3.63) is 5.69 Å². The summed E-state index contributed by atoms with van der Waals surface area (Å²) in [5.41, 5.74) is 2.00. The number of fused-ring (bicyclic) bond motifs is 3. The molecule has 1 fully saturated rings. The third kappa shape index (κ3) is 1.60. The van der Waals surface area contributed by atoms with Gasteiger partial charge >= 0.3 is 0 Å². The van der Waals surface area contributed by atoms with E-state index in [9.17, 15) is 0 Å². The van der Waals surface area contributed by atoms with Gasteiger partial charge in [-0.15, -0.1) is 0 Å². The minimum absolute atomic E-state index is 0.299. The molecule has 6 heteroatoms. The van der Waals surface area contributed by atoms with Crippen LogP contribution in [0.3, 0.4) is 0 Å². The second kappa shape index (κ2) is 4.22. The normalized spacial score (nSPS) is 29.6. The van der Waals surface area contributed by atoms with Crippen LogP contribution >= 0.6 is 0 Å². The third-order valence-electron chi connectivity index (χ3n) is 4.60. The van der Waals surface area contributed by atoms with Crippen molar-refractivity contribution in [1.82, 2.24) is 19.6 Å². The molecule has 4 rings (SSSR count). The molecule has 20 heavy (non-hydrogen) atoms. The highest BCUT2D eigenvalue weighted by atomic mass is 16.5. The third-order valence-corrected chi connectivity index (χ3v) is 4.60. The number of rotatable bonds is 1. The maximum atomic E-state index is 6.08. The van der Waals surface area contributed by atoms with E-state index in [0.717, 1.165) is 48.4 Å². The molecule has 2 aliphatic rings. The Labute approximate surface area is 118 Å². The summed E-state index contributed by atoms with van der Waals surface area (Å²) in [6, 6.07) is 0.350. The van der Waals surface area contributed by atoms with Gasteiger partial charge < -0.3 is 10.1 Å². The minimum Gasteiger partial charge on any atom is -0.373 e. The van der Waals surface area contributed by atoms with Crippen LogP contribution < -0.4 is 5.32 Å².